The number of carbonyl (C=O) groups is 4. The monoisotopic (exact) mass is 890 g/mol. The number of ether oxygens (including phenoxy) is 2. The van der Waals surface area contributed by atoms with Crippen molar-refractivity contribution in [2.24, 2.45) is 0 Å². The predicted molar refractivity (Wildman–Crippen MR) is 220 cm³/mol. The normalized spacial score (nSPS) is 14.0. The Hall–Kier alpha value is -7.06. The van der Waals surface area contributed by atoms with Gasteiger partial charge in [-0.25, -0.2) is 0 Å². The molecule has 18 heteroatoms. The van der Waals surface area contributed by atoms with Crippen LogP contribution in [0.5, 0.6) is 23.0 Å². The molecule has 6 aromatic carbocycles. The summed E-state index contributed by atoms with van der Waals surface area (Å²) in [5.74, 6) is -2.65. The van der Waals surface area contributed by atoms with E-state index < -0.39 is 49.3 Å². The topological polar surface area (TPSA) is 220 Å². The molecule has 2 N–H and O–H groups in total. The van der Waals surface area contributed by atoms with Crippen LogP contribution in [0, 0.1) is 0 Å². The van der Waals surface area contributed by atoms with Crippen LogP contribution >= 0.6 is 0 Å². The van der Waals surface area contributed by atoms with Gasteiger partial charge in [-0.1, -0.05) is 62.4 Å². The van der Waals surface area contributed by atoms with Gasteiger partial charge < -0.3 is 19.7 Å². The Kier molecular flexibility index (Phi) is 11.0. The molecule has 0 saturated heterocycles. The summed E-state index contributed by atoms with van der Waals surface area (Å²) in [5.41, 5.74) is 1.87. The van der Waals surface area contributed by atoms with Crippen LogP contribution < -0.4 is 9.47 Å². The van der Waals surface area contributed by atoms with Crippen molar-refractivity contribution in [1.82, 2.24) is 10.1 Å². The summed E-state index contributed by atoms with van der Waals surface area (Å²) in [6, 6.07) is 32.9. The Bertz CT molecular complexity index is 2840. The Morgan fingerprint density at radius 2 is 0.762 bits per heavy atom. The lowest BCUT2D eigenvalue weighted by atomic mass is 9.78. The standard InChI is InChI=1S/C45H34N2O14S2/c1-45(2,29-7-11-31(12-8-29)58-33-15-21-37-39(23-33)43(52)46(41(37)50)60-62(54,55)35-17-3-27(25-48)4-18-35)30-9-13-32(14-10-30)59-34-16-22-38-40(24-34)44(53)47(42(38)51)61-63(56,57)36-19-5-28(26-49)6-20-36/h3-24,48-49H,25-26H2,1-2H3. The fourth-order valence-electron chi connectivity index (χ4n) is 6.78. The van der Waals surface area contributed by atoms with Gasteiger partial charge in [0.25, 0.3) is 23.6 Å². The number of amides is 4. The number of hydrogen-bond donors (Lipinski definition) is 2. The fourth-order valence-corrected chi connectivity index (χ4v) is 8.56. The highest BCUT2D eigenvalue weighted by molar-refractivity contribution is 7.87. The Balaban J connectivity index is 0.899. The molecule has 0 fully saturated rings. The van der Waals surface area contributed by atoms with E-state index in [-0.39, 0.29) is 66.9 Å². The molecule has 4 amide bonds. The number of benzene rings is 6. The van der Waals surface area contributed by atoms with Crippen molar-refractivity contribution in [3.8, 4) is 23.0 Å². The second-order valence-corrected chi connectivity index (χ2v) is 17.8. The minimum atomic E-state index is -4.56. The SMILES string of the molecule is CC(C)(c1ccc(Oc2ccc3c(c2)C(=O)N(OS(=O)(=O)c2ccc(CO)cc2)C3=O)cc1)c1ccc(Oc2ccc3c(c2)C(=O)N(OS(=O)(=O)c2ccc(CO)cc2)C3=O)cc1. The van der Waals surface area contributed by atoms with Crippen molar-refractivity contribution in [3.05, 3.63) is 178 Å². The lowest BCUT2D eigenvalue weighted by Gasteiger charge is -2.26. The number of aliphatic hydroxyl groups is 2. The summed E-state index contributed by atoms with van der Waals surface area (Å²) in [4.78, 5) is 51.6. The van der Waals surface area contributed by atoms with Crippen molar-refractivity contribution >= 4 is 43.9 Å². The van der Waals surface area contributed by atoms with Crippen molar-refractivity contribution in [1.29, 1.82) is 0 Å². The number of nitrogens with zero attached hydrogens (tertiary/aromatic N) is 2. The van der Waals surface area contributed by atoms with Crippen molar-refractivity contribution in [3.63, 3.8) is 0 Å². The summed E-state index contributed by atoms with van der Waals surface area (Å²) in [7, 11) is -9.12. The van der Waals surface area contributed by atoms with Crippen LogP contribution in [-0.4, -0.2) is 60.8 Å². The zero-order valence-electron chi connectivity index (χ0n) is 33.1. The number of imide groups is 2. The van der Waals surface area contributed by atoms with E-state index in [2.05, 4.69) is 0 Å². The maximum atomic E-state index is 13.2. The first kappa shape index (κ1) is 42.6. The van der Waals surface area contributed by atoms with Gasteiger partial charge >= 0.3 is 20.2 Å². The van der Waals surface area contributed by atoms with Gasteiger partial charge in [0.2, 0.25) is 0 Å². The molecule has 0 radical (unpaired) electrons. The van der Waals surface area contributed by atoms with Gasteiger partial charge in [-0.3, -0.25) is 19.2 Å². The number of fused-ring (bicyclic) bond motifs is 2. The van der Waals surface area contributed by atoms with E-state index in [4.69, 9.17) is 18.0 Å². The number of hydroxylamine groups is 4. The Morgan fingerprint density at radius 3 is 1.10 bits per heavy atom. The summed E-state index contributed by atoms with van der Waals surface area (Å²) in [6.07, 6.45) is 0. The van der Waals surface area contributed by atoms with E-state index in [0.717, 1.165) is 11.1 Å². The summed E-state index contributed by atoms with van der Waals surface area (Å²) in [6.45, 7) is 3.42. The van der Waals surface area contributed by atoms with Crippen LogP contribution in [0.3, 0.4) is 0 Å². The minimum absolute atomic E-state index is 0.0681. The smallest absolute Gasteiger partial charge is 0.318 e. The molecule has 6 aromatic rings. The van der Waals surface area contributed by atoms with E-state index in [1.165, 1.54) is 84.9 Å². The molecule has 320 valence electrons. The average molecular weight is 891 g/mol. The molecule has 8 rings (SSSR count). The highest BCUT2D eigenvalue weighted by atomic mass is 32.2. The first-order chi connectivity index (χ1) is 30.0. The number of hydrogen-bond acceptors (Lipinski definition) is 14. The zero-order valence-corrected chi connectivity index (χ0v) is 34.8. The first-order valence-corrected chi connectivity index (χ1v) is 21.7. The number of aliphatic hydroxyl groups excluding tert-OH is 2. The van der Waals surface area contributed by atoms with Crippen molar-refractivity contribution < 1.29 is 64.3 Å². The van der Waals surface area contributed by atoms with E-state index >= 15 is 0 Å². The zero-order chi connectivity index (χ0) is 44.8. The molecule has 0 aromatic heterocycles. The largest absolute Gasteiger partial charge is 0.457 e. The average Bonchev–Trinajstić information content (AvgIpc) is 3.65. The van der Waals surface area contributed by atoms with Gasteiger partial charge in [-0.15, -0.1) is 18.7 Å². The van der Waals surface area contributed by atoms with Gasteiger partial charge in [0.15, 0.2) is 0 Å². The molecule has 2 aliphatic heterocycles. The van der Waals surface area contributed by atoms with Crippen LogP contribution in [0.25, 0.3) is 0 Å². The summed E-state index contributed by atoms with van der Waals surface area (Å²) in [5, 5.41) is 18.8. The second-order valence-electron chi connectivity index (χ2n) is 14.8. The molecule has 0 bridgehead atoms. The fraction of sp³-hybridized carbons (Fsp3) is 0.111. The molecule has 0 atom stereocenters. The van der Waals surface area contributed by atoms with Crippen molar-refractivity contribution in [2.45, 2.75) is 42.3 Å². The Labute approximate surface area is 360 Å². The van der Waals surface area contributed by atoms with Crippen LogP contribution in [0.4, 0.5) is 0 Å². The van der Waals surface area contributed by atoms with Crippen LogP contribution in [-0.2, 0) is 47.4 Å². The van der Waals surface area contributed by atoms with Gasteiger partial charge in [0, 0.05) is 5.41 Å². The van der Waals surface area contributed by atoms with Gasteiger partial charge in [0.05, 0.1) is 45.3 Å². The first-order valence-electron chi connectivity index (χ1n) is 18.9. The van der Waals surface area contributed by atoms with E-state index in [1.807, 2.05) is 38.1 Å². The third-order valence-electron chi connectivity index (χ3n) is 10.4. The van der Waals surface area contributed by atoms with E-state index in [1.54, 1.807) is 24.3 Å². The third kappa shape index (κ3) is 8.21. The van der Waals surface area contributed by atoms with E-state index in [9.17, 15) is 46.2 Å². The molecule has 0 saturated carbocycles. The molecular formula is C45H34N2O14S2. The van der Waals surface area contributed by atoms with Crippen LogP contribution in [0.1, 0.15) is 77.5 Å². The van der Waals surface area contributed by atoms with Crippen LogP contribution in [0.2, 0.25) is 0 Å². The number of rotatable bonds is 14. The van der Waals surface area contributed by atoms with Gasteiger partial charge in [0.1, 0.15) is 23.0 Å². The molecular weight excluding hydrogens is 857 g/mol. The maximum Gasteiger partial charge on any atom is 0.318 e. The summed E-state index contributed by atoms with van der Waals surface area (Å²) < 4.78 is 73.2. The van der Waals surface area contributed by atoms with Crippen LogP contribution in [0.15, 0.2) is 143 Å². The molecule has 63 heavy (non-hydrogen) atoms. The molecule has 2 aliphatic rings. The van der Waals surface area contributed by atoms with Crippen molar-refractivity contribution in [2.75, 3.05) is 0 Å². The lowest BCUT2D eigenvalue weighted by molar-refractivity contribution is -0.0107. The summed E-state index contributed by atoms with van der Waals surface area (Å²) >= 11 is 0. The minimum Gasteiger partial charge on any atom is -0.457 e. The molecule has 0 spiro atoms. The molecule has 2 heterocycles. The lowest BCUT2D eigenvalue weighted by Crippen LogP contribution is -2.32. The quantitative estimate of drug-likeness (QED) is 0.113. The molecule has 16 nitrogen and oxygen atoms in total. The molecule has 0 aliphatic carbocycles. The highest BCUT2D eigenvalue weighted by Crippen LogP contribution is 2.37. The molecule has 0 unspecified atom stereocenters. The third-order valence-corrected chi connectivity index (χ3v) is 12.8. The van der Waals surface area contributed by atoms with Gasteiger partial charge in [-0.2, -0.15) is 16.8 Å². The van der Waals surface area contributed by atoms with Gasteiger partial charge in [-0.05, 0) is 107 Å². The van der Waals surface area contributed by atoms with E-state index in [0.29, 0.717) is 22.6 Å². The highest BCUT2D eigenvalue weighted by Gasteiger charge is 2.42. The Morgan fingerprint density at radius 1 is 0.444 bits per heavy atom. The number of carbonyl (C=O) groups excluding carboxylic acids is 4. The maximum absolute atomic E-state index is 13.2. The second kappa shape index (κ2) is 16.3. The predicted octanol–water partition coefficient (Wildman–Crippen LogP) is 6.41.